The summed E-state index contributed by atoms with van der Waals surface area (Å²) in [5.41, 5.74) is 0.654. The summed E-state index contributed by atoms with van der Waals surface area (Å²) in [6.45, 7) is 3.64. The molecule has 1 unspecified atom stereocenters. The molecule has 1 N–H and O–H groups in total. The molecule has 4 heteroatoms. The van der Waals surface area contributed by atoms with Gasteiger partial charge < -0.3 is 10.1 Å². The maximum Gasteiger partial charge on any atom is 0.169 e. The molecule has 17 heavy (non-hydrogen) atoms. The Labute approximate surface area is 107 Å². The fourth-order valence-electron chi connectivity index (χ4n) is 1.50. The molecule has 2 nitrogen and oxygen atoms in total. The molecule has 1 atom stereocenters. The summed E-state index contributed by atoms with van der Waals surface area (Å²) in [5, 5.41) is 3.89. The van der Waals surface area contributed by atoms with Gasteiger partial charge in [0.15, 0.2) is 11.6 Å². The first kappa shape index (κ1) is 14.3. The van der Waals surface area contributed by atoms with Crippen LogP contribution in [0.4, 0.5) is 4.39 Å². The number of benzene rings is 1. The Bertz CT molecular complexity index is 346. The van der Waals surface area contributed by atoms with Crippen molar-refractivity contribution in [2.45, 2.75) is 25.1 Å². The largest absolute Gasteiger partial charge is 0.494 e. The lowest BCUT2D eigenvalue weighted by atomic mass is 10.2. The molecule has 0 radical (unpaired) electrons. The number of hydrogen-bond donors (Lipinski definition) is 1. The molecule has 0 saturated carbocycles. The standard InChI is InChI=1S/C13H20FNOS/c1-10(17-3)7-8-15-9-11-5-4-6-12(16-2)13(11)14/h4-6,10,15H,7-9H2,1-3H3. The van der Waals surface area contributed by atoms with E-state index >= 15 is 0 Å². The van der Waals surface area contributed by atoms with E-state index in [4.69, 9.17) is 4.74 Å². The minimum Gasteiger partial charge on any atom is -0.494 e. The summed E-state index contributed by atoms with van der Waals surface area (Å²) >= 11 is 1.85. The molecule has 0 aromatic heterocycles. The van der Waals surface area contributed by atoms with Crippen molar-refractivity contribution in [1.29, 1.82) is 0 Å². The van der Waals surface area contributed by atoms with Gasteiger partial charge in [0, 0.05) is 17.4 Å². The monoisotopic (exact) mass is 257 g/mol. The highest BCUT2D eigenvalue weighted by molar-refractivity contribution is 7.99. The maximum absolute atomic E-state index is 13.8. The van der Waals surface area contributed by atoms with Gasteiger partial charge in [-0.15, -0.1) is 0 Å². The number of methoxy groups -OCH3 is 1. The minimum absolute atomic E-state index is 0.264. The van der Waals surface area contributed by atoms with Crippen molar-refractivity contribution < 1.29 is 9.13 Å². The van der Waals surface area contributed by atoms with E-state index in [0.717, 1.165) is 13.0 Å². The number of thioether (sulfide) groups is 1. The van der Waals surface area contributed by atoms with Crippen LogP contribution in [-0.2, 0) is 6.54 Å². The van der Waals surface area contributed by atoms with E-state index in [1.807, 2.05) is 17.8 Å². The Kier molecular flexibility index (Phi) is 6.37. The van der Waals surface area contributed by atoms with Crippen LogP contribution in [0, 0.1) is 5.82 Å². The van der Waals surface area contributed by atoms with E-state index in [-0.39, 0.29) is 5.82 Å². The Morgan fingerprint density at radius 2 is 2.24 bits per heavy atom. The van der Waals surface area contributed by atoms with Crippen LogP contribution in [0.5, 0.6) is 5.75 Å². The first-order chi connectivity index (χ1) is 8.19. The van der Waals surface area contributed by atoms with Crippen molar-refractivity contribution in [3.05, 3.63) is 29.6 Å². The lowest BCUT2D eigenvalue weighted by molar-refractivity contribution is 0.383. The van der Waals surface area contributed by atoms with Gasteiger partial charge in [-0.2, -0.15) is 11.8 Å². The SMILES string of the molecule is COc1cccc(CNCCC(C)SC)c1F. The molecule has 0 spiro atoms. The summed E-state index contributed by atoms with van der Waals surface area (Å²) in [4.78, 5) is 0. The second-order valence-corrected chi connectivity index (χ2v) is 5.22. The lowest BCUT2D eigenvalue weighted by Crippen LogP contribution is -2.18. The predicted octanol–water partition coefficient (Wildman–Crippen LogP) is 3.07. The van der Waals surface area contributed by atoms with Crippen molar-refractivity contribution in [3.8, 4) is 5.75 Å². The number of ether oxygens (including phenoxy) is 1. The van der Waals surface area contributed by atoms with Crippen molar-refractivity contribution in [3.63, 3.8) is 0 Å². The van der Waals surface area contributed by atoms with Crippen LogP contribution in [0.25, 0.3) is 0 Å². The van der Waals surface area contributed by atoms with E-state index in [2.05, 4.69) is 18.5 Å². The molecule has 0 amide bonds. The van der Waals surface area contributed by atoms with E-state index in [9.17, 15) is 4.39 Å². The highest BCUT2D eigenvalue weighted by Crippen LogP contribution is 2.19. The molecule has 1 aromatic carbocycles. The Morgan fingerprint density at radius 1 is 1.47 bits per heavy atom. The van der Waals surface area contributed by atoms with Gasteiger partial charge in [-0.25, -0.2) is 4.39 Å². The second kappa shape index (κ2) is 7.56. The van der Waals surface area contributed by atoms with Gasteiger partial charge in [0.25, 0.3) is 0 Å². The lowest BCUT2D eigenvalue weighted by Gasteiger charge is -2.10. The number of rotatable bonds is 7. The summed E-state index contributed by atoms with van der Waals surface area (Å²) in [5.74, 6) is 0.0437. The van der Waals surface area contributed by atoms with Gasteiger partial charge in [-0.3, -0.25) is 0 Å². The third kappa shape index (κ3) is 4.56. The molecule has 0 aliphatic carbocycles. The van der Waals surface area contributed by atoms with Crippen LogP contribution in [0.15, 0.2) is 18.2 Å². The molecule has 96 valence electrons. The van der Waals surface area contributed by atoms with Crippen molar-refractivity contribution in [1.82, 2.24) is 5.32 Å². The van der Waals surface area contributed by atoms with Gasteiger partial charge >= 0.3 is 0 Å². The summed E-state index contributed by atoms with van der Waals surface area (Å²) < 4.78 is 18.7. The van der Waals surface area contributed by atoms with E-state index in [0.29, 0.717) is 23.1 Å². The molecule has 1 aromatic rings. The zero-order valence-corrected chi connectivity index (χ0v) is 11.4. The predicted molar refractivity (Wildman–Crippen MR) is 72.3 cm³/mol. The fraction of sp³-hybridized carbons (Fsp3) is 0.538. The average Bonchev–Trinajstić information content (AvgIpc) is 2.36. The molecule has 0 aliphatic heterocycles. The van der Waals surface area contributed by atoms with Crippen molar-refractivity contribution >= 4 is 11.8 Å². The van der Waals surface area contributed by atoms with Gasteiger partial charge in [-0.05, 0) is 25.3 Å². The fourth-order valence-corrected chi connectivity index (χ4v) is 1.85. The smallest absolute Gasteiger partial charge is 0.169 e. The van der Waals surface area contributed by atoms with Crippen LogP contribution in [0.3, 0.4) is 0 Å². The number of hydrogen-bond acceptors (Lipinski definition) is 3. The minimum atomic E-state index is -0.264. The molecule has 0 bridgehead atoms. The number of nitrogens with one attached hydrogen (secondary N) is 1. The van der Waals surface area contributed by atoms with Gasteiger partial charge in [-0.1, -0.05) is 19.1 Å². The first-order valence-corrected chi connectivity index (χ1v) is 7.02. The molecular formula is C13H20FNOS. The normalized spacial score (nSPS) is 12.5. The van der Waals surface area contributed by atoms with E-state index < -0.39 is 0 Å². The van der Waals surface area contributed by atoms with E-state index in [1.54, 1.807) is 12.1 Å². The van der Waals surface area contributed by atoms with Crippen molar-refractivity contribution in [2.24, 2.45) is 0 Å². The zero-order chi connectivity index (χ0) is 12.7. The van der Waals surface area contributed by atoms with Crippen LogP contribution in [0.2, 0.25) is 0 Å². The molecular weight excluding hydrogens is 237 g/mol. The topological polar surface area (TPSA) is 21.3 Å². The highest BCUT2D eigenvalue weighted by atomic mass is 32.2. The molecule has 0 heterocycles. The Balaban J connectivity index is 2.41. The maximum atomic E-state index is 13.8. The number of halogens is 1. The van der Waals surface area contributed by atoms with E-state index in [1.165, 1.54) is 7.11 Å². The van der Waals surface area contributed by atoms with Crippen molar-refractivity contribution in [2.75, 3.05) is 19.9 Å². The summed E-state index contributed by atoms with van der Waals surface area (Å²) in [6.07, 6.45) is 3.19. The summed E-state index contributed by atoms with van der Waals surface area (Å²) in [6, 6.07) is 5.22. The van der Waals surface area contributed by atoms with Crippen LogP contribution in [-0.4, -0.2) is 25.2 Å². The van der Waals surface area contributed by atoms with Crippen LogP contribution < -0.4 is 10.1 Å². The first-order valence-electron chi connectivity index (χ1n) is 5.74. The molecule has 0 fully saturated rings. The highest BCUT2D eigenvalue weighted by Gasteiger charge is 2.07. The molecule has 1 rings (SSSR count). The Morgan fingerprint density at radius 3 is 2.88 bits per heavy atom. The van der Waals surface area contributed by atoms with Gasteiger partial charge in [0.1, 0.15) is 0 Å². The molecule has 0 aliphatic rings. The van der Waals surface area contributed by atoms with Crippen LogP contribution >= 0.6 is 11.8 Å². The second-order valence-electron chi connectivity index (χ2n) is 3.95. The summed E-state index contributed by atoms with van der Waals surface area (Å²) in [7, 11) is 1.48. The van der Waals surface area contributed by atoms with Gasteiger partial charge in [0.2, 0.25) is 0 Å². The Hall–Kier alpha value is -0.740. The van der Waals surface area contributed by atoms with Crippen LogP contribution in [0.1, 0.15) is 18.9 Å². The average molecular weight is 257 g/mol. The van der Waals surface area contributed by atoms with Gasteiger partial charge in [0.05, 0.1) is 7.11 Å². The molecule has 0 saturated heterocycles. The third-order valence-electron chi connectivity index (χ3n) is 2.71. The quantitative estimate of drug-likeness (QED) is 0.759. The zero-order valence-electron chi connectivity index (χ0n) is 10.6. The third-order valence-corrected chi connectivity index (χ3v) is 3.75.